The predicted molar refractivity (Wildman–Crippen MR) is 116 cm³/mol. The first-order valence-corrected chi connectivity index (χ1v) is 9.84. The summed E-state index contributed by atoms with van der Waals surface area (Å²) < 4.78 is 5.22. The smallest absolute Gasteiger partial charge is 0.228 e. The van der Waals surface area contributed by atoms with E-state index >= 15 is 0 Å². The summed E-state index contributed by atoms with van der Waals surface area (Å²) in [6, 6.07) is 12.2. The van der Waals surface area contributed by atoms with E-state index in [0.717, 1.165) is 54.0 Å². The molecule has 0 radical (unpaired) electrons. The summed E-state index contributed by atoms with van der Waals surface area (Å²) in [5, 5.41) is 1.10. The van der Waals surface area contributed by atoms with Crippen LogP contribution in [0.1, 0.15) is 0 Å². The van der Waals surface area contributed by atoms with Crippen molar-refractivity contribution < 1.29 is 4.74 Å². The van der Waals surface area contributed by atoms with Gasteiger partial charge in [-0.05, 0) is 12.1 Å². The molecule has 3 aromatic heterocycles. The molecule has 8 nitrogen and oxygen atoms in total. The first-order chi connectivity index (χ1) is 14.8. The second-order valence-corrected chi connectivity index (χ2v) is 7.05. The predicted octanol–water partition coefficient (Wildman–Crippen LogP) is 2.82. The summed E-state index contributed by atoms with van der Waals surface area (Å²) in [7, 11) is 1.62. The van der Waals surface area contributed by atoms with Gasteiger partial charge in [-0.1, -0.05) is 18.2 Å². The summed E-state index contributed by atoms with van der Waals surface area (Å²) >= 11 is 0. The minimum atomic E-state index is 0.580. The standard InChI is InChI=1S/C22H21N7O/c1-30-20-7-8-25-22(27-20)29-11-9-28(10-12-29)19-6-5-16-3-2-4-18(21(16)26-19)17-13-23-15-24-14-17/h2-8,13-15H,9-12H2,1H3. The lowest BCUT2D eigenvalue weighted by atomic mass is 10.0. The fourth-order valence-electron chi connectivity index (χ4n) is 3.72. The van der Waals surface area contributed by atoms with Gasteiger partial charge in [0.25, 0.3) is 0 Å². The highest BCUT2D eigenvalue weighted by Gasteiger charge is 2.21. The topological polar surface area (TPSA) is 80.2 Å². The van der Waals surface area contributed by atoms with Gasteiger partial charge in [-0.15, -0.1) is 0 Å². The summed E-state index contributed by atoms with van der Waals surface area (Å²) in [6.07, 6.45) is 6.92. The van der Waals surface area contributed by atoms with Gasteiger partial charge < -0.3 is 14.5 Å². The number of hydrogen-bond acceptors (Lipinski definition) is 8. The van der Waals surface area contributed by atoms with Gasteiger partial charge in [0.2, 0.25) is 11.8 Å². The van der Waals surface area contributed by atoms with Crippen molar-refractivity contribution in [3.8, 4) is 17.0 Å². The minimum absolute atomic E-state index is 0.580. The van der Waals surface area contributed by atoms with Crippen LogP contribution < -0.4 is 14.5 Å². The lowest BCUT2D eigenvalue weighted by Crippen LogP contribution is -2.47. The van der Waals surface area contributed by atoms with Gasteiger partial charge in [0.15, 0.2) is 0 Å². The van der Waals surface area contributed by atoms with E-state index in [1.165, 1.54) is 0 Å². The fraction of sp³-hybridized carbons (Fsp3) is 0.227. The molecule has 4 heterocycles. The van der Waals surface area contributed by atoms with Crippen molar-refractivity contribution in [2.45, 2.75) is 0 Å². The molecule has 1 saturated heterocycles. The Bertz CT molecular complexity index is 1160. The van der Waals surface area contributed by atoms with E-state index in [2.05, 4.69) is 54.0 Å². The van der Waals surface area contributed by atoms with Crippen molar-refractivity contribution in [2.24, 2.45) is 0 Å². The van der Waals surface area contributed by atoms with Crippen LogP contribution in [0.2, 0.25) is 0 Å². The molecule has 150 valence electrons. The average molecular weight is 399 g/mol. The number of fused-ring (bicyclic) bond motifs is 1. The number of aromatic nitrogens is 5. The molecule has 0 atom stereocenters. The second kappa shape index (κ2) is 7.90. The normalized spacial score (nSPS) is 14.2. The Morgan fingerprint density at radius 2 is 1.67 bits per heavy atom. The Labute approximate surface area is 174 Å². The van der Waals surface area contributed by atoms with Gasteiger partial charge in [-0.3, -0.25) is 0 Å². The van der Waals surface area contributed by atoms with Gasteiger partial charge in [0, 0.05) is 67.3 Å². The number of ether oxygens (including phenoxy) is 1. The molecule has 0 unspecified atom stereocenters. The monoisotopic (exact) mass is 399 g/mol. The molecule has 1 aliphatic rings. The number of benzene rings is 1. The summed E-state index contributed by atoms with van der Waals surface area (Å²) in [4.78, 5) is 26.6. The lowest BCUT2D eigenvalue weighted by molar-refractivity contribution is 0.396. The molecule has 30 heavy (non-hydrogen) atoms. The Hall–Kier alpha value is -3.81. The quantitative estimate of drug-likeness (QED) is 0.518. The third-order valence-electron chi connectivity index (χ3n) is 5.29. The number of anilines is 2. The molecule has 4 aromatic rings. The van der Waals surface area contributed by atoms with Crippen LogP contribution in [0.4, 0.5) is 11.8 Å². The summed E-state index contributed by atoms with van der Waals surface area (Å²) in [6.45, 7) is 3.33. The van der Waals surface area contributed by atoms with Crippen LogP contribution >= 0.6 is 0 Å². The molecule has 0 bridgehead atoms. The van der Waals surface area contributed by atoms with Gasteiger partial charge in [-0.25, -0.2) is 19.9 Å². The van der Waals surface area contributed by atoms with Crippen LogP contribution in [0.15, 0.2) is 61.3 Å². The lowest BCUT2D eigenvalue weighted by Gasteiger charge is -2.35. The van der Waals surface area contributed by atoms with Crippen molar-refractivity contribution in [1.82, 2.24) is 24.9 Å². The van der Waals surface area contributed by atoms with E-state index in [9.17, 15) is 0 Å². The van der Waals surface area contributed by atoms with Gasteiger partial charge >= 0.3 is 0 Å². The average Bonchev–Trinajstić information content (AvgIpc) is 2.84. The van der Waals surface area contributed by atoms with Crippen molar-refractivity contribution in [1.29, 1.82) is 0 Å². The second-order valence-electron chi connectivity index (χ2n) is 7.05. The zero-order chi connectivity index (χ0) is 20.3. The Balaban J connectivity index is 1.39. The highest BCUT2D eigenvalue weighted by Crippen LogP contribution is 2.28. The molecule has 5 rings (SSSR count). The molecular formula is C22H21N7O. The Kier molecular flexibility index (Phi) is 4.80. The van der Waals surface area contributed by atoms with Crippen molar-refractivity contribution in [2.75, 3.05) is 43.1 Å². The summed E-state index contributed by atoms with van der Waals surface area (Å²) in [5.74, 6) is 2.25. The zero-order valence-electron chi connectivity index (χ0n) is 16.6. The van der Waals surface area contributed by atoms with Crippen LogP contribution in [-0.2, 0) is 0 Å². The third kappa shape index (κ3) is 3.47. The van der Waals surface area contributed by atoms with Crippen LogP contribution in [0.25, 0.3) is 22.0 Å². The van der Waals surface area contributed by atoms with Crippen LogP contribution in [0, 0.1) is 0 Å². The first kappa shape index (κ1) is 18.2. The van der Waals surface area contributed by atoms with Crippen molar-refractivity contribution in [3.05, 3.63) is 61.3 Å². The van der Waals surface area contributed by atoms with E-state index in [-0.39, 0.29) is 0 Å². The molecule has 0 N–H and O–H groups in total. The zero-order valence-corrected chi connectivity index (χ0v) is 16.6. The third-order valence-corrected chi connectivity index (χ3v) is 5.29. The first-order valence-electron chi connectivity index (χ1n) is 9.84. The maximum absolute atomic E-state index is 5.22. The molecule has 0 spiro atoms. The largest absolute Gasteiger partial charge is 0.481 e. The molecule has 0 amide bonds. The number of para-hydroxylation sites is 1. The summed E-state index contributed by atoms with van der Waals surface area (Å²) in [5.41, 5.74) is 2.97. The van der Waals surface area contributed by atoms with Crippen LogP contribution in [0.3, 0.4) is 0 Å². The van der Waals surface area contributed by atoms with E-state index in [1.54, 1.807) is 25.7 Å². The minimum Gasteiger partial charge on any atom is -0.481 e. The van der Waals surface area contributed by atoms with E-state index in [1.807, 2.05) is 18.5 Å². The number of piperazine rings is 1. The van der Waals surface area contributed by atoms with Gasteiger partial charge in [0.05, 0.1) is 12.6 Å². The number of hydrogen-bond donors (Lipinski definition) is 0. The number of methoxy groups -OCH3 is 1. The van der Waals surface area contributed by atoms with E-state index in [4.69, 9.17) is 9.72 Å². The van der Waals surface area contributed by atoms with Gasteiger partial charge in [-0.2, -0.15) is 4.98 Å². The fourth-order valence-corrected chi connectivity index (χ4v) is 3.72. The Morgan fingerprint density at radius 3 is 2.47 bits per heavy atom. The maximum atomic E-state index is 5.22. The van der Waals surface area contributed by atoms with Crippen LogP contribution in [0.5, 0.6) is 5.88 Å². The molecule has 8 heteroatoms. The van der Waals surface area contributed by atoms with E-state index in [0.29, 0.717) is 11.8 Å². The molecule has 1 aromatic carbocycles. The maximum Gasteiger partial charge on any atom is 0.228 e. The van der Waals surface area contributed by atoms with Crippen LogP contribution in [-0.4, -0.2) is 58.2 Å². The molecule has 1 fully saturated rings. The van der Waals surface area contributed by atoms with Crippen molar-refractivity contribution in [3.63, 3.8) is 0 Å². The molecule has 1 aliphatic heterocycles. The number of rotatable bonds is 4. The SMILES string of the molecule is COc1ccnc(N2CCN(c3ccc4cccc(-c5cncnc5)c4n3)CC2)n1. The molecule has 0 aliphatic carbocycles. The number of nitrogens with zero attached hydrogens (tertiary/aromatic N) is 7. The molecular weight excluding hydrogens is 378 g/mol. The van der Waals surface area contributed by atoms with Gasteiger partial charge in [0.1, 0.15) is 12.1 Å². The number of pyridine rings is 1. The molecule has 0 saturated carbocycles. The Morgan fingerprint density at radius 1 is 0.867 bits per heavy atom. The van der Waals surface area contributed by atoms with Crippen molar-refractivity contribution >= 4 is 22.7 Å². The van der Waals surface area contributed by atoms with E-state index < -0.39 is 0 Å². The highest BCUT2D eigenvalue weighted by atomic mass is 16.5. The highest BCUT2D eigenvalue weighted by molar-refractivity contribution is 5.94.